The molecule has 184 valence electrons. The van der Waals surface area contributed by atoms with Gasteiger partial charge in [-0.15, -0.1) is 0 Å². The number of nitrogens with one attached hydrogen (secondary N) is 2. The highest BCUT2D eigenvalue weighted by atomic mass is 16.7. The minimum absolute atomic E-state index is 0.112. The van der Waals surface area contributed by atoms with Crippen LogP contribution >= 0.6 is 0 Å². The molecule has 0 fully saturated rings. The van der Waals surface area contributed by atoms with Gasteiger partial charge in [0, 0.05) is 36.0 Å². The molecule has 1 amide bonds. The van der Waals surface area contributed by atoms with Crippen LogP contribution in [0.4, 0.5) is 0 Å². The Hall–Kier alpha value is -4.46. The first-order chi connectivity index (χ1) is 17.6. The number of esters is 1. The predicted molar refractivity (Wildman–Crippen MR) is 134 cm³/mol. The molecule has 0 unspecified atom stereocenters. The SMILES string of the molecule is COC(=O)c1ccc([C@H](CC(=O)NCc2ccc3c(c2)OCO3)c2c[nH]c3cccc(OC)c23)cc1. The lowest BCUT2D eigenvalue weighted by molar-refractivity contribution is -0.121. The van der Waals surface area contributed by atoms with Crippen LogP contribution in [0.1, 0.15) is 39.4 Å². The van der Waals surface area contributed by atoms with Crippen LogP contribution in [-0.2, 0) is 16.1 Å². The number of aromatic nitrogens is 1. The molecule has 0 saturated carbocycles. The van der Waals surface area contributed by atoms with Gasteiger partial charge in [0.05, 0.1) is 19.8 Å². The van der Waals surface area contributed by atoms with E-state index in [0.717, 1.165) is 33.3 Å². The molecule has 5 rings (SSSR count). The number of H-pyrrole nitrogens is 1. The predicted octanol–water partition coefficient (Wildman–Crippen LogP) is 4.53. The average molecular weight is 487 g/mol. The zero-order chi connectivity index (χ0) is 25.1. The third-order valence-electron chi connectivity index (χ3n) is 6.34. The summed E-state index contributed by atoms with van der Waals surface area (Å²) in [4.78, 5) is 28.4. The van der Waals surface area contributed by atoms with Crippen LogP contribution < -0.4 is 19.5 Å². The molecule has 2 heterocycles. The van der Waals surface area contributed by atoms with Gasteiger partial charge in [-0.05, 0) is 53.1 Å². The quantitative estimate of drug-likeness (QED) is 0.355. The Kier molecular flexibility index (Phi) is 6.49. The number of rotatable bonds is 8. The van der Waals surface area contributed by atoms with Gasteiger partial charge in [0.25, 0.3) is 0 Å². The summed E-state index contributed by atoms with van der Waals surface area (Å²) < 4.78 is 21.2. The number of hydrogen-bond donors (Lipinski definition) is 2. The lowest BCUT2D eigenvalue weighted by Gasteiger charge is -2.18. The van der Waals surface area contributed by atoms with Crippen molar-refractivity contribution in [3.8, 4) is 17.2 Å². The lowest BCUT2D eigenvalue weighted by Crippen LogP contribution is -2.25. The fraction of sp³-hybridized carbons (Fsp3) is 0.214. The summed E-state index contributed by atoms with van der Waals surface area (Å²) in [5.74, 6) is 1.30. The number of benzene rings is 3. The van der Waals surface area contributed by atoms with Crippen molar-refractivity contribution in [2.75, 3.05) is 21.0 Å². The number of ether oxygens (including phenoxy) is 4. The summed E-state index contributed by atoms with van der Waals surface area (Å²) in [6.45, 7) is 0.566. The van der Waals surface area contributed by atoms with Gasteiger partial charge in [-0.1, -0.05) is 24.3 Å². The maximum atomic E-state index is 13.2. The highest BCUT2D eigenvalue weighted by molar-refractivity contribution is 5.92. The van der Waals surface area contributed by atoms with Crippen molar-refractivity contribution < 1.29 is 28.5 Å². The lowest BCUT2D eigenvalue weighted by atomic mass is 9.87. The van der Waals surface area contributed by atoms with Crippen LogP contribution in [0.15, 0.2) is 66.9 Å². The van der Waals surface area contributed by atoms with Crippen molar-refractivity contribution in [1.82, 2.24) is 10.3 Å². The number of methoxy groups -OCH3 is 2. The zero-order valence-electron chi connectivity index (χ0n) is 20.0. The fourth-order valence-corrected chi connectivity index (χ4v) is 4.51. The van der Waals surface area contributed by atoms with E-state index in [-0.39, 0.29) is 25.0 Å². The molecule has 0 spiro atoms. The van der Waals surface area contributed by atoms with Crippen molar-refractivity contribution in [3.05, 3.63) is 89.1 Å². The largest absolute Gasteiger partial charge is 0.496 e. The van der Waals surface area contributed by atoms with Crippen LogP contribution in [-0.4, -0.2) is 37.9 Å². The van der Waals surface area contributed by atoms with E-state index in [1.165, 1.54) is 7.11 Å². The minimum atomic E-state index is -0.409. The van der Waals surface area contributed by atoms with Crippen LogP contribution in [0.25, 0.3) is 10.9 Å². The molecule has 0 bridgehead atoms. The third-order valence-corrected chi connectivity index (χ3v) is 6.34. The number of hydrogen-bond acceptors (Lipinski definition) is 6. The van der Waals surface area contributed by atoms with Gasteiger partial charge in [-0.3, -0.25) is 4.79 Å². The number of carbonyl (C=O) groups excluding carboxylic acids is 2. The molecule has 2 N–H and O–H groups in total. The molecular weight excluding hydrogens is 460 g/mol. The van der Waals surface area contributed by atoms with E-state index < -0.39 is 5.97 Å². The average Bonchev–Trinajstić information content (AvgIpc) is 3.57. The fourth-order valence-electron chi connectivity index (χ4n) is 4.51. The summed E-state index contributed by atoms with van der Waals surface area (Å²) in [6.07, 6.45) is 2.12. The van der Waals surface area contributed by atoms with Gasteiger partial charge in [-0.25, -0.2) is 4.79 Å². The molecular formula is C28H26N2O6. The van der Waals surface area contributed by atoms with Crippen molar-refractivity contribution in [2.45, 2.75) is 18.9 Å². The summed E-state index contributed by atoms with van der Waals surface area (Å²) in [5, 5.41) is 3.94. The molecule has 4 aromatic rings. The number of carbonyl (C=O) groups is 2. The molecule has 1 aliphatic rings. The second kappa shape index (κ2) is 10.0. The topological polar surface area (TPSA) is 98.9 Å². The number of aromatic amines is 1. The van der Waals surface area contributed by atoms with Gasteiger partial charge in [-0.2, -0.15) is 0 Å². The normalized spacial score (nSPS) is 12.8. The molecule has 1 aliphatic heterocycles. The van der Waals surface area contributed by atoms with Gasteiger partial charge in [0.1, 0.15) is 5.75 Å². The highest BCUT2D eigenvalue weighted by Gasteiger charge is 2.24. The maximum absolute atomic E-state index is 13.2. The van der Waals surface area contributed by atoms with Crippen molar-refractivity contribution in [3.63, 3.8) is 0 Å². The van der Waals surface area contributed by atoms with E-state index in [4.69, 9.17) is 18.9 Å². The first-order valence-corrected chi connectivity index (χ1v) is 11.5. The summed E-state index contributed by atoms with van der Waals surface area (Å²) in [5.41, 5.74) is 4.12. The zero-order valence-corrected chi connectivity index (χ0v) is 20.0. The molecule has 1 atom stereocenters. The Morgan fingerprint density at radius 3 is 2.61 bits per heavy atom. The van der Waals surface area contributed by atoms with E-state index in [1.54, 1.807) is 19.2 Å². The molecule has 1 aromatic heterocycles. The van der Waals surface area contributed by atoms with Gasteiger partial charge >= 0.3 is 5.97 Å². The Morgan fingerprint density at radius 2 is 1.83 bits per heavy atom. The van der Waals surface area contributed by atoms with E-state index in [0.29, 0.717) is 23.6 Å². The second-order valence-electron chi connectivity index (χ2n) is 8.46. The first-order valence-electron chi connectivity index (χ1n) is 11.5. The van der Waals surface area contributed by atoms with Crippen LogP contribution in [0.3, 0.4) is 0 Å². The second-order valence-corrected chi connectivity index (χ2v) is 8.46. The van der Waals surface area contributed by atoms with Crippen LogP contribution in [0.2, 0.25) is 0 Å². The van der Waals surface area contributed by atoms with Gasteiger partial charge in [0.2, 0.25) is 12.7 Å². The Morgan fingerprint density at radius 1 is 1.03 bits per heavy atom. The monoisotopic (exact) mass is 486 g/mol. The molecule has 0 radical (unpaired) electrons. The molecule has 0 aliphatic carbocycles. The van der Waals surface area contributed by atoms with Gasteiger partial charge < -0.3 is 29.2 Å². The van der Waals surface area contributed by atoms with E-state index >= 15 is 0 Å². The molecule has 8 nitrogen and oxygen atoms in total. The Bertz CT molecular complexity index is 1410. The first kappa shape index (κ1) is 23.3. The van der Waals surface area contributed by atoms with E-state index in [2.05, 4.69) is 10.3 Å². The standard InChI is InChI=1S/C28H26N2O6/c1-33-24-5-3-4-22-27(24)21(15-29-22)20(18-7-9-19(10-8-18)28(32)34-2)13-26(31)30-14-17-6-11-23-25(12-17)36-16-35-23/h3-12,15,20,29H,13-14,16H2,1-2H3,(H,30,31)/t20-/m0/s1. The van der Waals surface area contributed by atoms with Crippen LogP contribution in [0, 0.1) is 0 Å². The van der Waals surface area contributed by atoms with Crippen molar-refractivity contribution in [1.29, 1.82) is 0 Å². The van der Waals surface area contributed by atoms with Gasteiger partial charge in [0.15, 0.2) is 11.5 Å². The third kappa shape index (κ3) is 4.57. The minimum Gasteiger partial charge on any atom is -0.496 e. The number of amides is 1. The smallest absolute Gasteiger partial charge is 0.337 e. The van der Waals surface area contributed by atoms with E-state index in [1.807, 2.05) is 54.7 Å². The number of fused-ring (bicyclic) bond motifs is 2. The Balaban J connectivity index is 1.42. The van der Waals surface area contributed by atoms with Crippen molar-refractivity contribution in [2.24, 2.45) is 0 Å². The van der Waals surface area contributed by atoms with Crippen LogP contribution in [0.5, 0.6) is 17.2 Å². The van der Waals surface area contributed by atoms with E-state index in [9.17, 15) is 9.59 Å². The summed E-state index contributed by atoms with van der Waals surface area (Å²) >= 11 is 0. The molecule has 3 aromatic carbocycles. The molecule has 36 heavy (non-hydrogen) atoms. The van der Waals surface area contributed by atoms with Crippen molar-refractivity contribution >= 4 is 22.8 Å². The summed E-state index contributed by atoms with van der Waals surface area (Å²) in [7, 11) is 2.98. The maximum Gasteiger partial charge on any atom is 0.337 e. The molecule has 8 heteroatoms. The summed E-state index contributed by atoms with van der Waals surface area (Å²) in [6, 6.07) is 18.5. The Labute approximate surface area is 208 Å². The highest BCUT2D eigenvalue weighted by Crippen LogP contribution is 2.38. The molecule has 0 saturated heterocycles.